The van der Waals surface area contributed by atoms with Crippen LogP contribution in [0.15, 0.2) is 18.2 Å². The van der Waals surface area contributed by atoms with E-state index in [4.69, 9.17) is 4.74 Å². The Morgan fingerprint density at radius 1 is 1.47 bits per heavy atom. The molecule has 2 aliphatic heterocycles. The lowest BCUT2D eigenvalue weighted by molar-refractivity contribution is -0.120. The Morgan fingerprint density at radius 3 is 3.12 bits per heavy atom. The zero-order chi connectivity index (χ0) is 11.8. The molecule has 17 heavy (non-hydrogen) atoms. The molecule has 1 atom stereocenters. The first-order valence-electron chi connectivity index (χ1n) is 6.00. The lowest BCUT2D eigenvalue weighted by atomic mass is 9.97. The summed E-state index contributed by atoms with van der Waals surface area (Å²) in [6, 6.07) is 6.17. The molecule has 4 heteroatoms. The number of benzene rings is 1. The topological polar surface area (TPSA) is 41.6 Å². The van der Waals surface area contributed by atoms with E-state index >= 15 is 0 Å². The molecule has 0 bridgehead atoms. The van der Waals surface area contributed by atoms with Crippen molar-refractivity contribution in [2.75, 3.05) is 31.6 Å². The molecule has 1 saturated heterocycles. The van der Waals surface area contributed by atoms with Crippen LogP contribution in [0.4, 0.5) is 5.69 Å². The summed E-state index contributed by atoms with van der Waals surface area (Å²) in [5, 5.41) is 3.36. The van der Waals surface area contributed by atoms with Crippen LogP contribution < -0.4 is 15.0 Å². The van der Waals surface area contributed by atoms with Crippen LogP contribution in [0.1, 0.15) is 17.9 Å². The van der Waals surface area contributed by atoms with Crippen LogP contribution in [0, 0.1) is 0 Å². The molecule has 1 aromatic carbocycles. The van der Waals surface area contributed by atoms with Gasteiger partial charge in [0.25, 0.3) is 5.91 Å². The summed E-state index contributed by atoms with van der Waals surface area (Å²) in [7, 11) is 1.79. The maximum absolute atomic E-state index is 11.5. The highest BCUT2D eigenvalue weighted by atomic mass is 16.5. The quantitative estimate of drug-likeness (QED) is 0.789. The second-order valence-electron chi connectivity index (χ2n) is 4.66. The van der Waals surface area contributed by atoms with E-state index in [0.717, 1.165) is 24.5 Å². The molecule has 1 aromatic rings. The van der Waals surface area contributed by atoms with Crippen LogP contribution in [0.5, 0.6) is 5.75 Å². The fraction of sp³-hybridized carbons (Fsp3) is 0.462. The average Bonchev–Trinajstić information content (AvgIpc) is 2.87. The molecule has 0 aliphatic carbocycles. The van der Waals surface area contributed by atoms with Gasteiger partial charge in [-0.3, -0.25) is 4.79 Å². The van der Waals surface area contributed by atoms with Crippen LogP contribution in [0.25, 0.3) is 0 Å². The number of carbonyl (C=O) groups excluding carboxylic acids is 1. The number of rotatable bonds is 1. The van der Waals surface area contributed by atoms with Gasteiger partial charge in [0.2, 0.25) is 0 Å². The Morgan fingerprint density at radius 2 is 2.35 bits per heavy atom. The minimum atomic E-state index is 0.00721. The molecule has 1 fully saturated rings. The molecular formula is C13H16N2O2. The molecule has 2 aliphatic rings. The van der Waals surface area contributed by atoms with Crippen LogP contribution in [0.3, 0.4) is 0 Å². The summed E-state index contributed by atoms with van der Waals surface area (Å²) in [6.45, 7) is 2.27. The molecule has 0 saturated carbocycles. The zero-order valence-electron chi connectivity index (χ0n) is 9.90. The smallest absolute Gasteiger partial charge is 0.264 e. The van der Waals surface area contributed by atoms with Crippen molar-refractivity contribution in [2.24, 2.45) is 0 Å². The number of hydrogen-bond donors (Lipinski definition) is 1. The first-order chi connectivity index (χ1) is 8.25. The Labute approximate surface area is 101 Å². The first kappa shape index (κ1) is 10.6. The fourth-order valence-corrected chi connectivity index (χ4v) is 2.49. The van der Waals surface area contributed by atoms with Gasteiger partial charge in [0.15, 0.2) is 6.61 Å². The second kappa shape index (κ2) is 4.04. The summed E-state index contributed by atoms with van der Waals surface area (Å²) in [6.07, 6.45) is 1.17. The van der Waals surface area contributed by atoms with E-state index in [1.807, 2.05) is 6.07 Å². The highest BCUT2D eigenvalue weighted by molar-refractivity contribution is 5.97. The number of nitrogens with zero attached hydrogens (tertiary/aromatic N) is 1. The van der Waals surface area contributed by atoms with Gasteiger partial charge < -0.3 is 15.0 Å². The number of ether oxygens (including phenoxy) is 1. The third-order valence-corrected chi connectivity index (χ3v) is 3.60. The summed E-state index contributed by atoms with van der Waals surface area (Å²) in [5.74, 6) is 1.41. The maximum Gasteiger partial charge on any atom is 0.264 e. The normalized spacial score (nSPS) is 23.5. The predicted molar refractivity (Wildman–Crippen MR) is 65.6 cm³/mol. The fourth-order valence-electron chi connectivity index (χ4n) is 2.49. The average molecular weight is 232 g/mol. The zero-order valence-corrected chi connectivity index (χ0v) is 9.90. The van der Waals surface area contributed by atoms with Crippen molar-refractivity contribution in [3.8, 4) is 5.75 Å². The molecule has 1 N–H and O–H groups in total. The van der Waals surface area contributed by atoms with Crippen molar-refractivity contribution in [1.29, 1.82) is 0 Å². The summed E-state index contributed by atoms with van der Waals surface area (Å²) in [4.78, 5) is 13.2. The first-order valence-corrected chi connectivity index (χ1v) is 6.00. The van der Waals surface area contributed by atoms with Crippen molar-refractivity contribution in [3.05, 3.63) is 23.8 Å². The maximum atomic E-state index is 11.5. The largest absolute Gasteiger partial charge is 0.482 e. The van der Waals surface area contributed by atoms with Gasteiger partial charge in [-0.1, -0.05) is 6.07 Å². The Balaban J connectivity index is 1.93. The number of likely N-dealkylation sites (N-methyl/N-ethyl adjacent to an activating group) is 1. The molecule has 3 rings (SSSR count). The van der Waals surface area contributed by atoms with Gasteiger partial charge in [-0.15, -0.1) is 0 Å². The molecular weight excluding hydrogens is 216 g/mol. The molecule has 2 heterocycles. The van der Waals surface area contributed by atoms with E-state index in [1.165, 1.54) is 12.0 Å². The molecule has 0 radical (unpaired) electrons. The van der Waals surface area contributed by atoms with Crippen molar-refractivity contribution >= 4 is 11.6 Å². The number of amides is 1. The number of nitrogens with one attached hydrogen (secondary N) is 1. The summed E-state index contributed by atoms with van der Waals surface area (Å²) < 4.78 is 5.49. The third kappa shape index (κ3) is 1.78. The summed E-state index contributed by atoms with van der Waals surface area (Å²) in [5.41, 5.74) is 2.17. The Kier molecular flexibility index (Phi) is 2.52. The van der Waals surface area contributed by atoms with E-state index in [0.29, 0.717) is 5.92 Å². The number of hydrogen-bond acceptors (Lipinski definition) is 3. The van der Waals surface area contributed by atoms with Crippen LogP contribution in [0.2, 0.25) is 0 Å². The third-order valence-electron chi connectivity index (χ3n) is 3.60. The van der Waals surface area contributed by atoms with Gasteiger partial charge in [0, 0.05) is 13.6 Å². The monoisotopic (exact) mass is 232 g/mol. The van der Waals surface area contributed by atoms with Crippen molar-refractivity contribution in [3.63, 3.8) is 0 Å². The van der Waals surface area contributed by atoms with E-state index in [9.17, 15) is 4.79 Å². The lowest BCUT2D eigenvalue weighted by Crippen LogP contribution is -2.35. The van der Waals surface area contributed by atoms with E-state index in [-0.39, 0.29) is 12.5 Å². The second-order valence-corrected chi connectivity index (χ2v) is 4.66. The van der Waals surface area contributed by atoms with Gasteiger partial charge in [-0.2, -0.15) is 0 Å². The van der Waals surface area contributed by atoms with Gasteiger partial charge in [-0.05, 0) is 36.6 Å². The molecule has 0 spiro atoms. The molecule has 4 nitrogen and oxygen atoms in total. The molecule has 0 aromatic heterocycles. The van der Waals surface area contributed by atoms with Gasteiger partial charge >= 0.3 is 0 Å². The number of anilines is 1. The van der Waals surface area contributed by atoms with Gasteiger partial charge in [-0.25, -0.2) is 0 Å². The highest BCUT2D eigenvalue weighted by Crippen LogP contribution is 2.35. The van der Waals surface area contributed by atoms with Crippen LogP contribution in [-0.2, 0) is 4.79 Å². The SMILES string of the molecule is CN1C(=O)COc2cc(C3CCNC3)ccc21. The lowest BCUT2D eigenvalue weighted by Gasteiger charge is -2.26. The van der Waals surface area contributed by atoms with E-state index in [2.05, 4.69) is 17.4 Å². The Hall–Kier alpha value is -1.55. The Bertz CT molecular complexity index is 453. The van der Waals surface area contributed by atoms with Gasteiger partial charge in [0.05, 0.1) is 5.69 Å². The molecule has 1 unspecified atom stereocenters. The van der Waals surface area contributed by atoms with E-state index in [1.54, 1.807) is 11.9 Å². The van der Waals surface area contributed by atoms with Crippen molar-refractivity contribution < 1.29 is 9.53 Å². The van der Waals surface area contributed by atoms with Crippen molar-refractivity contribution in [1.82, 2.24) is 5.32 Å². The minimum Gasteiger partial charge on any atom is -0.482 e. The summed E-state index contributed by atoms with van der Waals surface area (Å²) >= 11 is 0. The predicted octanol–water partition coefficient (Wildman–Crippen LogP) is 1.12. The highest BCUT2D eigenvalue weighted by Gasteiger charge is 2.24. The van der Waals surface area contributed by atoms with Crippen LogP contribution in [-0.4, -0.2) is 32.7 Å². The number of carbonyl (C=O) groups is 1. The minimum absolute atomic E-state index is 0.00721. The molecule has 1 amide bonds. The van der Waals surface area contributed by atoms with Gasteiger partial charge in [0.1, 0.15) is 5.75 Å². The number of fused-ring (bicyclic) bond motifs is 1. The van der Waals surface area contributed by atoms with E-state index < -0.39 is 0 Å². The van der Waals surface area contributed by atoms with Crippen molar-refractivity contribution in [2.45, 2.75) is 12.3 Å². The van der Waals surface area contributed by atoms with Crippen LogP contribution >= 0.6 is 0 Å². The standard InChI is InChI=1S/C13H16N2O2/c1-15-11-3-2-9(10-4-5-14-7-10)6-12(11)17-8-13(15)16/h2-3,6,10,14H,4-5,7-8H2,1H3. The molecule has 90 valence electrons.